The van der Waals surface area contributed by atoms with Crippen LogP contribution in [0.4, 0.5) is 0 Å². The van der Waals surface area contributed by atoms with E-state index in [9.17, 15) is 4.79 Å². The van der Waals surface area contributed by atoms with Gasteiger partial charge in [-0.2, -0.15) is 0 Å². The summed E-state index contributed by atoms with van der Waals surface area (Å²) in [5, 5.41) is 3.13. The topological polar surface area (TPSA) is 55.1 Å². The maximum Gasteiger partial charge on any atom is 0.220 e. The number of rotatable bonds is 11. The highest BCUT2D eigenvalue weighted by molar-refractivity contribution is 5.75. The Morgan fingerprint density at radius 3 is 2.29 bits per heavy atom. The number of nitrogens with one attached hydrogen (secondary N) is 1. The van der Waals surface area contributed by atoms with E-state index in [4.69, 9.17) is 5.73 Å². The second-order valence-electron chi connectivity index (χ2n) is 6.72. The van der Waals surface area contributed by atoms with Crippen molar-refractivity contribution in [2.45, 2.75) is 84.0 Å². The molecule has 21 heavy (non-hydrogen) atoms. The lowest BCUT2D eigenvalue weighted by Crippen LogP contribution is -2.36. The van der Waals surface area contributed by atoms with E-state index < -0.39 is 0 Å². The molecule has 0 aliphatic heterocycles. The lowest BCUT2D eigenvalue weighted by molar-refractivity contribution is -0.121. The van der Waals surface area contributed by atoms with Crippen LogP contribution in [0, 0.1) is 11.8 Å². The van der Waals surface area contributed by atoms with Crippen molar-refractivity contribution >= 4 is 5.91 Å². The molecule has 0 aromatic rings. The van der Waals surface area contributed by atoms with Crippen molar-refractivity contribution in [3.8, 4) is 0 Å². The van der Waals surface area contributed by atoms with Crippen LogP contribution in [0.25, 0.3) is 0 Å². The van der Waals surface area contributed by atoms with Crippen LogP contribution >= 0.6 is 0 Å². The molecule has 0 bridgehead atoms. The van der Waals surface area contributed by atoms with E-state index in [1.165, 1.54) is 64.2 Å². The Hall–Kier alpha value is -0.570. The minimum Gasteiger partial charge on any atom is -0.356 e. The third-order valence-corrected chi connectivity index (χ3v) is 4.94. The highest BCUT2D eigenvalue weighted by Crippen LogP contribution is 2.28. The van der Waals surface area contributed by atoms with Gasteiger partial charge in [-0.15, -0.1) is 0 Å². The summed E-state index contributed by atoms with van der Waals surface area (Å²) in [5.41, 5.74) is 5.84. The van der Waals surface area contributed by atoms with Crippen molar-refractivity contribution in [2.24, 2.45) is 17.6 Å². The van der Waals surface area contributed by atoms with Crippen molar-refractivity contribution in [3.63, 3.8) is 0 Å². The molecule has 3 N–H and O–H groups in total. The van der Waals surface area contributed by atoms with Crippen LogP contribution < -0.4 is 11.1 Å². The molecule has 1 aliphatic rings. The Morgan fingerprint density at radius 1 is 1.00 bits per heavy atom. The minimum absolute atomic E-state index is 0.241. The van der Waals surface area contributed by atoms with Crippen LogP contribution in [0.5, 0.6) is 0 Å². The first-order valence-corrected chi connectivity index (χ1v) is 9.24. The molecular formula is C18H36N2O. The molecule has 0 aromatic heterocycles. The van der Waals surface area contributed by atoms with Gasteiger partial charge in [0, 0.05) is 13.0 Å². The monoisotopic (exact) mass is 296 g/mol. The first-order valence-electron chi connectivity index (χ1n) is 9.24. The van der Waals surface area contributed by atoms with Gasteiger partial charge in [0.2, 0.25) is 5.91 Å². The molecule has 1 amide bonds. The van der Waals surface area contributed by atoms with Crippen LogP contribution in [0.3, 0.4) is 0 Å². The number of amides is 1. The van der Waals surface area contributed by atoms with E-state index >= 15 is 0 Å². The van der Waals surface area contributed by atoms with Gasteiger partial charge in [-0.1, -0.05) is 58.3 Å². The average molecular weight is 296 g/mol. The van der Waals surface area contributed by atoms with Gasteiger partial charge in [-0.25, -0.2) is 0 Å². The predicted octanol–water partition coefficient (Wildman–Crippen LogP) is 4.01. The van der Waals surface area contributed by atoms with Gasteiger partial charge >= 0.3 is 0 Å². The number of carbonyl (C=O) groups excluding carboxylic acids is 1. The lowest BCUT2D eigenvalue weighted by atomic mass is 9.79. The van der Waals surface area contributed by atoms with Gasteiger partial charge in [0.15, 0.2) is 0 Å². The van der Waals surface area contributed by atoms with Crippen LogP contribution in [0.15, 0.2) is 0 Å². The molecule has 1 saturated carbocycles. The Kier molecular flexibility index (Phi) is 10.6. The fourth-order valence-electron chi connectivity index (χ4n) is 3.44. The van der Waals surface area contributed by atoms with Crippen molar-refractivity contribution in [1.29, 1.82) is 0 Å². The normalized spacial score (nSPS) is 22.2. The van der Waals surface area contributed by atoms with E-state index in [0.717, 1.165) is 19.5 Å². The summed E-state index contributed by atoms with van der Waals surface area (Å²) >= 11 is 0. The smallest absolute Gasteiger partial charge is 0.220 e. The Balaban J connectivity index is 2.00. The molecule has 3 nitrogen and oxygen atoms in total. The van der Waals surface area contributed by atoms with Gasteiger partial charge in [0.05, 0.1) is 0 Å². The summed E-state index contributed by atoms with van der Waals surface area (Å²) in [7, 11) is 0. The van der Waals surface area contributed by atoms with E-state index in [-0.39, 0.29) is 5.91 Å². The molecule has 0 radical (unpaired) electrons. The first-order chi connectivity index (χ1) is 10.3. The number of hydrogen-bond donors (Lipinski definition) is 2. The molecule has 2 unspecified atom stereocenters. The van der Waals surface area contributed by atoms with Crippen molar-refractivity contribution in [2.75, 3.05) is 13.1 Å². The summed E-state index contributed by atoms with van der Waals surface area (Å²) in [5.74, 6) is 1.48. The SMILES string of the molecule is CCCCCCCCCC(=O)NCC1CCCCC1CN. The summed E-state index contributed by atoms with van der Waals surface area (Å²) in [6, 6.07) is 0. The van der Waals surface area contributed by atoms with Gasteiger partial charge in [0.1, 0.15) is 0 Å². The molecule has 1 fully saturated rings. The molecule has 124 valence electrons. The van der Waals surface area contributed by atoms with Gasteiger partial charge in [-0.05, 0) is 37.6 Å². The predicted molar refractivity (Wildman–Crippen MR) is 90.1 cm³/mol. The summed E-state index contributed by atoms with van der Waals surface area (Å²) < 4.78 is 0. The highest BCUT2D eigenvalue weighted by Gasteiger charge is 2.23. The molecular weight excluding hydrogens is 260 g/mol. The second kappa shape index (κ2) is 12.0. The third kappa shape index (κ3) is 8.45. The van der Waals surface area contributed by atoms with Gasteiger partial charge < -0.3 is 11.1 Å². The van der Waals surface area contributed by atoms with Crippen LogP contribution in [-0.2, 0) is 4.79 Å². The minimum atomic E-state index is 0.241. The second-order valence-corrected chi connectivity index (χ2v) is 6.72. The summed E-state index contributed by atoms with van der Waals surface area (Å²) in [6.45, 7) is 3.86. The number of hydrogen-bond acceptors (Lipinski definition) is 2. The zero-order chi connectivity index (χ0) is 15.3. The molecule has 0 spiro atoms. The molecule has 1 rings (SSSR count). The number of nitrogens with two attached hydrogens (primary N) is 1. The average Bonchev–Trinajstić information content (AvgIpc) is 2.52. The van der Waals surface area contributed by atoms with E-state index in [1.54, 1.807) is 0 Å². The van der Waals surface area contributed by atoms with Crippen LogP contribution in [-0.4, -0.2) is 19.0 Å². The van der Waals surface area contributed by atoms with Crippen molar-refractivity contribution < 1.29 is 4.79 Å². The zero-order valence-electron chi connectivity index (χ0n) is 14.0. The third-order valence-electron chi connectivity index (χ3n) is 4.94. The number of unbranched alkanes of at least 4 members (excludes halogenated alkanes) is 6. The van der Waals surface area contributed by atoms with Gasteiger partial charge in [-0.3, -0.25) is 4.79 Å². The number of carbonyl (C=O) groups is 1. The first kappa shape index (κ1) is 18.5. The molecule has 3 heteroatoms. The molecule has 1 aliphatic carbocycles. The standard InChI is InChI=1S/C18H36N2O/c1-2-3-4-5-6-7-8-13-18(21)20-15-17-12-10-9-11-16(17)14-19/h16-17H,2-15,19H2,1H3,(H,20,21). The largest absolute Gasteiger partial charge is 0.356 e. The van der Waals surface area contributed by atoms with E-state index in [2.05, 4.69) is 12.2 Å². The Labute approximate surface area is 131 Å². The van der Waals surface area contributed by atoms with Crippen LogP contribution in [0.1, 0.15) is 84.0 Å². The van der Waals surface area contributed by atoms with Crippen molar-refractivity contribution in [1.82, 2.24) is 5.32 Å². The maximum atomic E-state index is 11.9. The van der Waals surface area contributed by atoms with E-state index in [1.807, 2.05) is 0 Å². The maximum absolute atomic E-state index is 11.9. The molecule has 0 heterocycles. The molecule has 0 aromatic carbocycles. The Morgan fingerprint density at radius 2 is 1.62 bits per heavy atom. The Bertz CT molecular complexity index is 268. The van der Waals surface area contributed by atoms with Crippen molar-refractivity contribution in [3.05, 3.63) is 0 Å². The highest BCUT2D eigenvalue weighted by atomic mass is 16.1. The lowest BCUT2D eigenvalue weighted by Gasteiger charge is -2.30. The van der Waals surface area contributed by atoms with Gasteiger partial charge in [0.25, 0.3) is 0 Å². The van der Waals surface area contributed by atoms with E-state index in [0.29, 0.717) is 18.3 Å². The quantitative estimate of drug-likeness (QED) is 0.566. The summed E-state index contributed by atoms with van der Waals surface area (Å²) in [4.78, 5) is 11.9. The molecule has 0 saturated heterocycles. The fraction of sp³-hybridized carbons (Fsp3) is 0.944. The zero-order valence-corrected chi connectivity index (χ0v) is 14.0. The fourth-order valence-corrected chi connectivity index (χ4v) is 3.44. The van der Waals surface area contributed by atoms with Crippen LogP contribution in [0.2, 0.25) is 0 Å². The summed E-state index contributed by atoms with van der Waals surface area (Å²) in [6.07, 6.45) is 14.7. The molecule has 2 atom stereocenters.